The van der Waals surface area contributed by atoms with Gasteiger partial charge >= 0.3 is 0 Å². The van der Waals surface area contributed by atoms with E-state index in [-0.39, 0.29) is 18.0 Å². The molecule has 0 saturated heterocycles. The second-order valence-corrected chi connectivity index (χ2v) is 16.7. The number of hydrogen-bond acceptors (Lipinski definition) is 9. The zero-order valence-electron chi connectivity index (χ0n) is 36.3. The van der Waals surface area contributed by atoms with Gasteiger partial charge in [0.05, 0.1) is 20.8 Å². The molecule has 4 aliphatic heterocycles. The molecule has 0 aromatic heterocycles. The van der Waals surface area contributed by atoms with Gasteiger partial charge in [0.15, 0.2) is 23.0 Å². The predicted octanol–water partition coefficient (Wildman–Crippen LogP) is 9.82. The van der Waals surface area contributed by atoms with Gasteiger partial charge in [-0.3, -0.25) is 19.4 Å². The lowest BCUT2D eigenvalue weighted by atomic mass is 9.87. The number of nitrogens with one attached hydrogen (secondary N) is 1. The fraction of sp³-hybridized carbons (Fsp3) is 0.283. The number of methoxy groups -OCH3 is 2. The summed E-state index contributed by atoms with van der Waals surface area (Å²) in [6.07, 6.45) is 4.75. The van der Waals surface area contributed by atoms with E-state index in [0.29, 0.717) is 65.9 Å². The van der Waals surface area contributed by atoms with Crippen molar-refractivity contribution >= 4 is 12.2 Å². The highest BCUT2D eigenvalue weighted by Crippen LogP contribution is 2.50. The Morgan fingerprint density at radius 2 is 1.48 bits per heavy atom. The Morgan fingerprint density at radius 3 is 2.25 bits per heavy atom. The number of rotatable bonds is 10. The van der Waals surface area contributed by atoms with Gasteiger partial charge in [0.25, 0.3) is 5.91 Å². The molecule has 10 rings (SSSR count). The third-order valence-corrected chi connectivity index (χ3v) is 12.7. The molecule has 10 heteroatoms. The Balaban J connectivity index is 0.989. The minimum absolute atomic E-state index is 0.0369. The number of nitrogens with zero attached hydrogens (tertiary/aromatic N) is 2. The molecule has 1 amide bonds. The Labute approximate surface area is 369 Å². The number of hydrogen-bond donors (Lipinski definition) is 1. The van der Waals surface area contributed by atoms with Gasteiger partial charge in [0, 0.05) is 48.4 Å². The molecule has 0 fully saturated rings. The Hall–Kier alpha value is -6.62. The van der Waals surface area contributed by atoms with Crippen molar-refractivity contribution in [3.05, 3.63) is 160 Å². The molecule has 6 aromatic rings. The molecule has 4 aliphatic rings. The van der Waals surface area contributed by atoms with Gasteiger partial charge in [-0.25, -0.2) is 0 Å². The molecule has 10 nitrogen and oxygen atoms in total. The molecule has 0 saturated carbocycles. The van der Waals surface area contributed by atoms with Crippen LogP contribution in [0, 0.1) is 0 Å². The van der Waals surface area contributed by atoms with Crippen LogP contribution in [0.4, 0.5) is 0 Å². The van der Waals surface area contributed by atoms with Crippen LogP contribution in [0.15, 0.2) is 115 Å². The van der Waals surface area contributed by atoms with Crippen LogP contribution >= 0.6 is 0 Å². The summed E-state index contributed by atoms with van der Waals surface area (Å²) < 4.78 is 32.1. The topological polar surface area (TPSA) is 98.8 Å². The summed E-state index contributed by atoms with van der Waals surface area (Å²) in [7, 11) is 7.72. The van der Waals surface area contributed by atoms with Gasteiger partial charge < -0.3 is 29.0 Å². The molecular weight excluding hydrogens is 791 g/mol. The molecule has 6 aromatic carbocycles. The van der Waals surface area contributed by atoms with Crippen molar-refractivity contribution in [2.75, 3.05) is 54.6 Å². The van der Waals surface area contributed by atoms with E-state index < -0.39 is 0 Å². The summed E-state index contributed by atoms with van der Waals surface area (Å²) in [5, 5.41) is 3.04. The van der Waals surface area contributed by atoms with Crippen LogP contribution < -0.4 is 29.0 Å². The summed E-state index contributed by atoms with van der Waals surface area (Å²) in [6.45, 7) is 2.65. The summed E-state index contributed by atoms with van der Waals surface area (Å²) in [5.74, 6) is 4.50. The van der Waals surface area contributed by atoms with Gasteiger partial charge in [-0.2, -0.15) is 0 Å². The van der Waals surface area contributed by atoms with E-state index in [9.17, 15) is 9.59 Å². The number of fused-ring (bicyclic) bond motifs is 2. The second kappa shape index (κ2) is 18.4. The molecule has 6 bridgehead atoms. The number of amides is 1. The van der Waals surface area contributed by atoms with E-state index in [1.807, 2.05) is 48.5 Å². The zero-order chi connectivity index (χ0) is 43.5. The van der Waals surface area contributed by atoms with Crippen molar-refractivity contribution in [2.45, 2.75) is 44.2 Å². The van der Waals surface area contributed by atoms with E-state index in [2.05, 4.69) is 77.7 Å². The molecule has 4 heterocycles. The SMILES string of the molecule is COc1cc2c3c(c1OC)Oc1ccc4c(c1)[C@H](Cc1ccc(cc1)Oc1cc(ccc1OCCCNC(=O)c1cccc(-c5ccc(C=O)cc5)c1)C[C@H]3N(C)CC2)N(C)CC4. The molecule has 2 atom stereocenters. The third-order valence-electron chi connectivity index (χ3n) is 12.7. The average molecular weight is 844 g/mol. The van der Waals surface area contributed by atoms with E-state index in [4.69, 9.17) is 23.7 Å². The number of carbonyl (C=O) groups excluding carboxylic acids is 2. The van der Waals surface area contributed by atoms with Crippen LogP contribution in [0.5, 0.6) is 40.2 Å². The number of benzene rings is 6. The minimum atomic E-state index is -0.160. The van der Waals surface area contributed by atoms with Crippen LogP contribution in [-0.2, 0) is 25.7 Å². The molecule has 0 radical (unpaired) electrons. The van der Waals surface area contributed by atoms with Crippen molar-refractivity contribution in [3.63, 3.8) is 0 Å². The quantitative estimate of drug-likeness (QED) is 0.107. The smallest absolute Gasteiger partial charge is 0.251 e. The maximum atomic E-state index is 13.2. The van der Waals surface area contributed by atoms with E-state index in [0.717, 1.165) is 72.4 Å². The van der Waals surface area contributed by atoms with Gasteiger partial charge in [-0.15, -0.1) is 0 Å². The highest BCUT2D eigenvalue weighted by atomic mass is 16.5. The fourth-order valence-electron chi connectivity index (χ4n) is 9.18. The first-order valence-electron chi connectivity index (χ1n) is 21.7. The zero-order valence-corrected chi connectivity index (χ0v) is 36.3. The standard InChI is InChI=1S/C53H53N3O7/c1-55-24-21-38-16-19-43-32-44(38)45(55)27-34-11-17-42(18-12-34)62-48-29-36(28-46-50-40(22-25-56(46)2)31-49(59-3)51(60-4)52(50)63-43)13-20-47(48)61-26-6-23-54-53(58)41-8-5-7-39(30-41)37-14-9-35(33-57)10-15-37/h5,7-20,29-33,45-46H,6,21-28H2,1-4H3,(H,54,58)/t45-,46+/m0/s1. The normalized spacial score (nSPS) is 17.0. The first kappa shape index (κ1) is 41.7. The molecule has 1 N–H and O–H groups in total. The Morgan fingerprint density at radius 1 is 0.730 bits per heavy atom. The van der Waals surface area contributed by atoms with Crippen molar-refractivity contribution in [3.8, 4) is 51.4 Å². The fourth-order valence-corrected chi connectivity index (χ4v) is 9.18. The lowest BCUT2D eigenvalue weighted by Gasteiger charge is -2.37. The summed E-state index contributed by atoms with van der Waals surface area (Å²) in [6, 6.07) is 38.1. The van der Waals surface area contributed by atoms with Gasteiger partial charge in [0.1, 0.15) is 17.8 Å². The Kier molecular flexibility index (Phi) is 12.2. The summed E-state index contributed by atoms with van der Waals surface area (Å²) in [4.78, 5) is 29.1. The molecule has 0 unspecified atom stereocenters. The van der Waals surface area contributed by atoms with Crippen LogP contribution in [0.3, 0.4) is 0 Å². The highest BCUT2D eigenvalue weighted by molar-refractivity contribution is 5.95. The maximum Gasteiger partial charge on any atom is 0.251 e. The third kappa shape index (κ3) is 8.87. The van der Waals surface area contributed by atoms with Gasteiger partial charge in [-0.05, 0) is 140 Å². The lowest BCUT2D eigenvalue weighted by Crippen LogP contribution is -2.34. The Bertz CT molecular complexity index is 2630. The van der Waals surface area contributed by atoms with E-state index >= 15 is 0 Å². The minimum Gasteiger partial charge on any atom is -0.493 e. The van der Waals surface area contributed by atoms with Gasteiger partial charge in [0.2, 0.25) is 5.75 Å². The maximum absolute atomic E-state index is 13.2. The molecular formula is C53H53N3O7. The molecule has 322 valence electrons. The highest BCUT2D eigenvalue weighted by Gasteiger charge is 2.34. The number of likely N-dealkylation sites (N-methyl/N-ethyl adjacent to an activating group) is 2. The van der Waals surface area contributed by atoms with Crippen molar-refractivity contribution in [1.82, 2.24) is 15.1 Å². The first-order valence-corrected chi connectivity index (χ1v) is 21.7. The number of carbonyl (C=O) groups is 2. The first-order chi connectivity index (χ1) is 30.8. The summed E-state index contributed by atoms with van der Waals surface area (Å²) in [5.41, 5.74) is 10.2. The summed E-state index contributed by atoms with van der Waals surface area (Å²) >= 11 is 0. The lowest BCUT2D eigenvalue weighted by molar-refractivity contribution is 0.0951. The van der Waals surface area contributed by atoms with Crippen LogP contribution in [0.2, 0.25) is 0 Å². The van der Waals surface area contributed by atoms with E-state index in [1.54, 1.807) is 32.4 Å². The van der Waals surface area contributed by atoms with Crippen molar-refractivity contribution in [1.29, 1.82) is 0 Å². The monoisotopic (exact) mass is 843 g/mol. The average Bonchev–Trinajstić information content (AvgIpc) is 3.31. The van der Waals surface area contributed by atoms with Crippen LogP contribution in [0.1, 0.15) is 72.6 Å². The number of ether oxygens (including phenoxy) is 5. The van der Waals surface area contributed by atoms with Crippen LogP contribution in [-0.4, -0.2) is 76.5 Å². The molecule has 0 aliphatic carbocycles. The van der Waals surface area contributed by atoms with Gasteiger partial charge in [-0.1, -0.05) is 60.7 Å². The van der Waals surface area contributed by atoms with E-state index in [1.165, 1.54) is 22.3 Å². The molecule has 0 spiro atoms. The van der Waals surface area contributed by atoms with Crippen molar-refractivity contribution in [2.24, 2.45) is 0 Å². The van der Waals surface area contributed by atoms with Crippen molar-refractivity contribution < 1.29 is 33.3 Å². The molecule has 63 heavy (non-hydrogen) atoms. The number of aldehydes is 1. The largest absolute Gasteiger partial charge is 0.493 e. The van der Waals surface area contributed by atoms with Crippen LogP contribution in [0.25, 0.3) is 11.1 Å². The predicted molar refractivity (Wildman–Crippen MR) is 244 cm³/mol. The second-order valence-electron chi connectivity index (χ2n) is 16.7.